The fraction of sp³-hybridized carbons (Fsp3) is 0.136. The van der Waals surface area contributed by atoms with Gasteiger partial charge in [0, 0.05) is 17.1 Å². The van der Waals surface area contributed by atoms with Gasteiger partial charge in [0.2, 0.25) is 0 Å². The lowest BCUT2D eigenvalue weighted by molar-refractivity contribution is 0.0849. The quantitative estimate of drug-likeness (QED) is 0.427. The highest BCUT2D eigenvalue weighted by Gasteiger charge is 2.18. The summed E-state index contributed by atoms with van der Waals surface area (Å²) >= 11 is 1.24. The van der Waals surface area contributed by atoms with Crippen LogP contribution < -0.4 is 15.6 Å². The molecule has 0 saturated heterocycles. The van der Waals surface area contributed by atoms with E-state index in [-0.39, 0.29) is 6.61 Å². The second-order valence-corrected chi connectivity index (χ2v) is 7.86. The molecule has 0 atom stereocenters. The minimum Gasteiger partial charge on any atom is -0.486 e. The number of carbonyl (C=O) groups excluding carboxylic acids is 2. The highest BCUT2D eigenvalue weighted by atomic mass is 32.1. The third-order valence-corrected chi connectivity index (χ3v) is 5.68. The lowest BCUT2D eigenvalue weighted by Gasteiger charge is -2.06. The maximum atomic E-state index is 12.5. The molecule has 0 aliphatic heterocycles. The average Bonchev–Trinajstić information content (AvgIpc) is 3.35. The summed E-state index contributed by atoms with van der Waals surface area (Å²) in [6.07, 6.45) is 1.62. The number of aromatic nitrogens is 2. The lowest BCUT2D eigenvalue weighted by atomic mass is 10.2. The molecule has 0 aliphatic rings. The van der Waals surface area contributed by atoms with Gasteiger partial charge in [0.05, 0.1) is 11.3 Å². The molecule has 0 aliphatic carbocycles. The van der Waals surface area contributed by atoms with Crippen LogP contribution in [0.15, 0.2) is 54.7 Å². The molecule has 0 unspecified atom stereocenters. The number of nitrogens with zero attached hydrogens (tertiary/aromatic N) is 1. The van der Waals surface area contributed by atoms with Gasteiger partial charge < -0.3 is 9.72 Å². The third kappa shape index (κ3) is 4.18. The summed E-state index contributed by atoms with van der Waals surface area (Å²) in [5, 5.41) is 1.47. The second kappa shape index (κ2) is 8.38. The molecular weight excluding hydrogens is 400 g/mol. The molecule has 30 heavy (non-hydrogen) atoms. The number of hydrogen-bond donors (Lipinski definition) is 3. The number of nitrogens with one attached hydrogen (secondary N) is 3. The number of para-hydroxylation sites is 1. The summed E-state index contributed by atoms with van der Waals surface area (Å²) in [5.74, 6) is -0.0730. The number of hydrogen-bond acceptors (Lipinski definition) is 5. The molecule has 0 spiro atoms. The summed E-state index contributed by atoms with van der Waals surface area (Å²) < 4.78 is 5.73. The zero-order valence-electron chi connectivity index (χ0n) is 16.5. The Labute approximate surface area is 177 Å². The van der Waals surface area contributed by atoms with Crippen LogP contribution in [0.25, 0.3) is 10.9 Å². The molecule has 4 rings (SSSR count). The zero-order chi connectivity index (χ0) is 21.1. The van der Waals surface area contributed by atoms with Crippen molar-refractivity contribution in [3.8, 4) is 5.75 Å². The van der Waals surface area contributed by atoms with E-state index in [0.29, 0.717) is 21.1 Å². The van der Waals surface area contributed by atoms with E-state index >= 15 is 0 Å². The Kier molecular flexibility index (Phi) is 5.49. The van der Waals surface area contributed by atoms with E-state index in [1.807, 2.05) is 55.5 Å². The Balaban J connectivity index is 1.37. The van der Waals surface area contributed by atoms with Gasteiger partial charge in [-0.25, -0.2) is 4.98 Å². The molecule has 0 saturated carbocycles. The average molecular weight is 420 g/mol. The standard InChI is InChI=1S/C22H20N4O3S/c1-13-7-9-15(10-8-13)29-12-19-24-14(2)20(30-19)22(28)26-25-21(27)17-11-23-18-6-4-3-5-16(17)18/h3-11,23H,12H2,1-2H3,(H,25,27)(H,26,28). The first kappa shape index (κ1) is 19.7. The van der Waals surface area contributed by atoms with Gasteiger partial charge in [0.15, 0.2) is 0 Å². The van der Waals surface area contributed by atoms with Gasteiger partial charge in [-0.1, -0.05) is 35.9 Å². The van der Waals surface area contributed by atoms with Gasteiger partial charge >= 0.3 is 0 Å². The molecule has 0 bridgehead atoms. The van der Waals surface area contributed by atoms with Crippen molar-refractivity contribution in [1.82, 2.24) is 20.8 Å². The van der Waals surface area contributed by atoms with Crippen LogP contribution in [0.3, 0.4) is 0 Å². The summed E-state index contributed by atoms with van der Waals surface area (Å²) in [5.41, 5.74) is 7.98. The molecular formula is C22H20N4O3S. The topological polar surface area (TPSA) is 96.1 Å². The van der Waals surface area contributed by atoms with Gasteiger partial charge in [-0.15, -0.1) is 11.3 Å². The third-order valence-electron chi connectivity index (χ3n) is 4.55. The van der Waals surface area contributed by atoms with E-state index in [0.717, 1.165) is 22.2 Å². The SMILES string of the molecule is Cc1ccc(OCc2nc(C)c(C(=O)NNC(=O)c3c[nH]c4ccccc34)s2)cc1. The highest BCUT2D eigenvalue weighted by molar-refractivity contribution is 7.13. The molecule has 0 radical (unpaired) electrons. The monoisotopic (exact) mass is 420 g/mol. The van der Waals surface area contributed by atoms with E-state index < -0.39 is 11.8 Å². The van der Waals surface area contributed by atoms with Gasteiger partial charge in [0.25, 0.3) is 11.8 Å². The van der Waals surface area contributed by atoms with Crippen molar-refractivity contribution in [2.45, 2.75) is 20.5 Å². The Morgan fingerprint density at radius 2 is 1.77 bits per heavy atom. The number of benzene rings is 2. The Morgan fingerprint density at radius 1 is 1.03 bits per heavy atom. The number of aromatic amines is 1. The maximum absolute atomic E-state index is 12.5. The number of rotatable bonds is 5. The first-order valence-corrected chi connectivity index (χ1v) is 10.2. The summed E-state index contributed by atoms with van der Waals surface area (Å²) in [7, 11) is 0. The summed E-state index contributed by atoms with van der Waals surface area (Å²) in [6.45, 7) is 4.03. The van der Waals surface area contributed by atoms with Gasteiger partial charge in [-0.2, -0.15) is 0 Å². The molecule has 4 aromatic rings. The van der Waals surface area contributed by atoms with Crippen molar-refractivity contribution < 1.29 is 14.3 Å². The minimum atomic E-state index is -0.417. The minimum absolute atomic E-state index is 0.267. The van der Waals surface area contributed by atoms with Crippen LogP contribution in [-0.4, -0.2) is 21.8 Å². The predicted octanol–water partition coefficient (Wildman–Crippen LogP) is 3.90. The molecule has 2 aromatic carbocycles. The number of carbonyl (C=O) groups is 2. The maximum Gasteiger partial charge on any atom is 0.281 e. The largest absolute Gasteiger partial charge is 0.486 e. The van der Waals surface area contributed by atoms with Crippen molar-refractivity contribution in [1.29, 1.82) is 0 Å². The molecule has 7 nitrogen and oxygen atoms in total. The molecule has 0 fully saturated rings. The van der Waals surface area contributed by atoms with Crippen LogP contribution in [-0.2, 0) is 6.61 Å². The predicted molar refractivity (Wildman–Crippen MR) is 116 cm³/mol. The van der Waals surface area contributed by atoms with E-state index in [1.54, 1.807) is 13.1 Å². The number of hydrazine groups is 1. The van der Waals surface area contributed by atoms with Gasteiger partial charge in [-0.3, -0.25) is 20.4 Å². The Bertz CT molecular complexity index is 1210. The summed E-state index contributed by atoms with van der Waals surface area (Å²) in [6, 6.07) is 15.2. The van der Waals surface area contributed by atoms with Crippen LogP contribution in [0.1, 0.15) is 36.3 Å². The molecule has 2 amide bonds. The van der Waals surface area contributed by atoms with Crippen molar-refractivity contribution in [3.63, 3.8) is 0 Å². The number of amides is 2. The van der Waals surface area contributed by atoms with Crippen molar-refractivity contribution in [3.05, 3.63) is 81.4 Å². The van der Waals surface area contributed by atoms with Crippen molar-refractivity contribution in [2.75, 3.05) is 0 Å². The fourth-order valence-corrected chi connectivity index (χ4v) is 3.87. The fourth-order valence-electron chi connectivity index (χ4n) is 3.00. The smallest absolute Gasteiger partial charge is 0.281 e. The van der Waals surface area contributed by atoms with Crippen LogP contribution in [0, 0.1) is 13.8 Å². The van der Waals surface area contributed by atoms with Crippen LogP contribution in [0.4, 0.5) is 0 Å². The van der Waals surface area contributed by atoms with E-state index in [1.165, 1.54) is 11.3 Å². The van der Waals surface area contributed by atoms with Crippen LogP contribution in [0.2, 0.25) is 0 Å². The Hall–Kier alpha value is -3.65. The van der Waals surface area contributed by atoms with Gasteiger partial charge in [0.1, 0.15) is 22.2 Å². The zero-order valence-corrected chi connectivity index (χ0v) is 17.3. The number of aryl methyl sites for hydroxylation is 2. The summed E-state index contributed by atoms with van der Waals surface area (Å²) in [4.78, 5) is 32.8. The van der Waals surface area contributed by atoms with Gasteiger partial charge in [-0.05, 0) is 32.0 Å². The number of ether oxygens (including phenoxy) is 1. The molecule has 152 valence electrons. The van der Waals surface area contributed by atoms with E-state index in [9.17, 15) is 9.59 Å². The molecule has 2 aromatic heterocycles. The number of fused-ring (bicyclic) bond motifs is 1. The van der Waals surface area contributed by atoms with E-state index in [4.69, 9.17) is 4.74 Å². The normalized spacial score (nSPS) is 10.7. The van der Waals surface area contributed by atoms with E-state index in [2.05, 4.69) is 20.8 Å². The molecule has 8 heteroatoms. The number of thiazole rings is 1. The van der Waals surface area contributed by atoms with Crippen molar-refractivity contribution >= 4 is 34.1 Å². The second-order valence-electron chi connectivity index (χ2n) is 6.78. The molecule has 2 heterocycles. The van der Waals surface area contributed by atoms with Crippen LogP contribution >= 0.6 is 11.3 Å². The Morgan fingerprint density at radius 3 is 2.57 bits per heavy atom. The van der Waals surface area contributed by atoms with Crippen LogP contribution in [0.5, 0.6) is 5.75 Å². The first-order valence-electron chi connectivity index (χ1n) is 9.34. The van der Waals surface area contributed by atoms with Crippen molar-refractivity contribution in [2.24, 2.45) is 0 Å². The highest BCUT2D eigenvalue weighted by Crippen LogP contribution is 2.21. The lowest BCUT2D eigenvalue weighted by Crippen LogP contribution is -2.41. The number of H-pyrrole nitrogens is 1. The molecule has 3 N–H and O–H groups in total. The first-order chi connectivity index (χ1) is 14.5.